The van der Waals surface area contributed by atoms with Crippen molar-refractivity contribution in [3.05, 3.63) is 59.4 Å². The number of aromatic nitrogens is 1. The van der Waals surface area contributed by atoms with E-state index in [1.54, 1.807) is 12.1 Å². The average Bonchev–Trinajstić information content (AvgIpc) is 3.17. The molecule has 1 aromatic heterocycles. The molecular formula is C26H28F3N3O2. The summed E-state index contributed by atoms with van der Waals surface area (Å²) < 4.78 is 42.1. The predicted molar refractivity (Wildman–Crippen MR) is 124 cm³/mol. The van der Waals surface area contributed by atoms with E-state index in [1.165, 1.54) is 18.2 Å². The fourth-order valence-corrected chi connectivity index (χ4v) is 5.32. The number of carbonyl (C=O) groups is 1. The van der Waals surface area contributed by atoms with Crippen molar-refractivity contribution in [2.75, 3.05) is 32.8 Å². The van der Waals surface area contributed by atoms with Gasteiger partial charge < -0.3 is 15.0 Å². The molecule has 2 aliphatic rings. The van der Waals surface area contributed by atoms with Crippen LogP contribution >= 0.6 is 0 Å². The van der Waals surface area contributed by atoms with Crippen LogP contribution in [0.3, 0.4) is 0 Å². The molecule has 0 bridgehead atoms. The number of nitrogens with one attached hydrogen (secondary N) is 1. The van der Waals surface area contributed by atoms with Crippen molar-refractivity contribution in [2.24, 2.45) is 5.92 Å². The summed E-state index contributed by atoms with van der Waals surface area (Å²) in [5.74, 6) is -1.74. The van der Waals surface area contributed by atoms with Crippen LogP contribution in [-0.4, -0.2) is 64.6 Å². The first kappa shape index (κ1) is 22.9. The molecule has 1 aliphatic heterocycles. The Hall–Kier alpha value is -2.84. The molecule has 1 saturated heterocycles. The summed E-state index contributed by atoms with van der Waals surface area (Å²) in [6, 6.07) is 8.17. The molecule has 8 heteroatoms. The minimum atomic E-state index is -0.674. The quantitative estimate of drug-likeness (QED) is 0.584. The van der Waals surface area contributed by atoms with Crippen molar-refractivity contribution in [2.45, 2.75) is 31.7 Å². The maximum Gasteiger partial charge on any atom is 0.225 e. The van der Waals surface area contributed by atoms with E-state index in [0.29, 0.717) is 42.6 Å². The lowest BCUT2D eigenvalue weighted by atomic mass is 9.69. The van der Waals surface area contributed by atoms with Crippen LogP contribution in [0.5, 0.6) is 0 Å². The summed E-state index contributed by atoms with van der Waals surface area (Å²) in [5.41, 5.74) is 2.34. The maximum atomic E-state index is 14.6. The van der Waals surface area contributed by atoms with Crippen LogP contribution in [-0.2, 0) is 4.79 Å². The smallest absolute Gasteiger partial charge is 0.225 e. The highest BCUT2D eigenvalue weighted by Crippen LogP contribution is 2.49. The highest BCUT2D eigenvalue weighted by molar-refractivity contribution is 5.92. The number of aliphatic hydroxyl groups excluding tert-OH is 1. The molecule has 34 heavy (non-hydrogen) atoms. The maximum absolute atomic E-state index is 14.6. The fourth-order valence-electron chi connectivity index (χ4n) is 5.32. The molecule has 0 radical (unpaired) electrons. The number of piperazine rings is 1. The third-order valence-corrected chi connectivity index (χ3v) is 7.41. The number of halogens is 3. The Labute approximate surface area is 196 Å². The van der Waals surface area contributed by atoms with E-state index in [0.717, 1.165) is 24.7 Å². The topological polar surface area (TPSA) is 59.6 Å². The summed E-state index contributed by atoms with van der Waals surface area (Å²) in [4.78, 5) is 20.2. The summed E-state index contributed by atoms with van der Waals surface area (Å²) >= 11 is 0. The Morgan fingerprint density at radius 3 is 2.38 bits per heavy atom. The van der Waals surface area contributed by atoms with Crippen molar-refractivity contribution in [1.82, 2.24) is 14.8 Å². The van der Waals surface area contributed by atoms with E-state index < -0.39 is 11.6 Å². The van der Waals surface area contributed by atoms with Crippen molar-refractivity contribution in [3.63, 3.8) is 0 Å². The third kappa shape index (κ3) is 4.09. The number of fused-ring (bicyclic) bond motifs is 1. The summed E-state index contributed by atoms with van der Waals surface area (Å²) in [6.07, 6.45) is 1.21. The van der Waals surface area contributed by atoms with E-state index in [2.05, 4.69) is 9.88 Å². The number of aliphatic hydroxyl groups is 1. The SMILES string of the molecule is CC(CO)N1CCN(C(=O)C2CC(c3c(-c4ccc(F)cc4)[nH]c4c(F)cc(F)cc34)C2)CC1. The molecule has 1 unspecified atom stereocenters. The molecule has 1 amide bonds. The second-order valence-corrected chi connectivity index (χ2v) is 9.49. The van der Waals surface area contributed by atoms with Crippen LogP contribution in [0.25, 0.3) is 22.2 Å². The van der Waals surface area contributed by atoms with Gasteiger partial charge in [-0.3, -0.25) is 9.69 Å². The molecule has 2 fully saturated rings. The molecule has 180 valence electrons. The molecule has 5 rings (SSSR count). The van der Waals surface area contributed by atoms with E-state index in [4.69, 9.17) is 0 Å². The second-order valence-electron chi connectivity index (χ2n) is 9.49. The molecular weight excluding hydrogens is 443 g/mol. The zero-order valence-electron chi connectivity index (χ0n) is 19.0. The Morgan fingerprint density at radius 1 is 1.06 bits per heavy atom. The van der Waals surface area contributed by atoms with Crippen molar-refractivity contribution in [1.29, 1.82) is 0 Å². The molecule has 1 aliphatic carbocycles. The van der Waals surface area contributed by atoms with Gasteiger partial charge in [0.2, 0.25) is 5.91 Å². The van der Waals surface area contributed by atoms with Gasteiger partial charge in [0.15, 0.2) is 0 Å². The highest BCUT2D eigenvalue weighted by Gasteiger charge is 2.40. The van der Waals surface area contributed by atoms with Gasteiger partial charge in [0, 0.05) is 49.6 Å². The highest BCUT2D eigenvalue weighted by atomic mass is 19.1. The Kier molecular flexibility index (Phi) is 6.12. The van der Waals surface area contributed by atoms with Gasteiger partial charge in [0.05, 0.1) is 17.8 Å². The average molecular weight is 472 g/mol. The zero-order valence-corrected chi connectivity index (χ0v) is 19.0. The van der Waals surface area contributed by atoms with Crippen LogP contribution in [0.4, 0.5) is 13.2 Å². The van der Waals surface area contributed by atoms with Crippen LogP contribution in [0, 0.1) is 23.4 Å². The predicted octanol–water partition coefficient (Wildman–Crippen LogP) is 4.27. The number of hydrogen-bond donors (Lipinski definition) is 2. The van der Waals surface area contributed by atoms with Gasteiger partial charge in [-0.15, -0.1) is 0 Å². The first-order valence-corrected chi connectivity index (χ1v) is 11.8. The van der Waals surface area contributed by atoms with Crippen molar-refractivity contribution in [3.8, 4) is 11.3 Å². The minimum absolute atomic E-state index is 0.0281. The number of carbonyl (C=O) groups excluding carboxylic acids is 1. The van der Waals surface area contributed by atoms with Crippen LogP contribution in [0.2, 0.25) is 0 Å². The van der Waals surface area contributed by atoms with Gasteiger partial charge in [0.1, 0.15) is 17.5 Å². The van der Waals surface area contributed by atoms with Crippen LogP contribution in [0.15, 0.2) is 36.4 Å². The van der Waals surface area contributed by atoms with Crippen LogP contribution < -0.4 is 0 Å². The lowest BCUT2D eigenvalue weighted by Gasteiger charge is -2.42. The van der Waals surface area contributed by atoms with Gasteiger partial charge in [0.25, 0.3) is 0 Å². The van der Waals surface area contributed by atoms with Crippen LogP contribution in [0.1, 0.15) is 31.2 Å². The van der Waals surface area contributed by atoms with Gasteiger partial charge >= 0.3 is 0 Å². The van der Waals surface area contributed by atoms with Gasteiger partial charge in [-0.2, -0.15) is 0 Å². The molecule has 3 aromatic rings. The van der Waals surface area contributed by atoms with Crippen molar-refractivity contribution < 1.29 is 23.1 Å². The van der Waals surface area contributed by atoms with Gasteiger partial charge in [-0.1, -0.05) is 0 Å². The number of amides is 1. The molecule has 0 spiro atoms. The van der Waals surface area contributed by atoms with Gasteiger partial charge in [-0.05, 0) is 67.1 Å². The number of H-pyrrole nitrogens is 1. The lowest BCUT2D eigenvalue weighted by Crippen LogP contribution is -2.54. The van der Waals surface area contributed by atoms with E-state index >= 15 is 0 Å². The Bertz CT molecular complexity index is 1200. The molecule has 1 saturated carbocycles. The fraction of sp³-hybridized carbons (Fsp3) is 0.423. The second kappa shape index (κ2) is 9.07. The minimum Gasteiger partial charge on any atom is -0.395 e. The lowest BCUT2D eigenvalue weighted by molar-refractivity contribution is -0.141. The number of benzene rings is 2. The number of rotatable bonds is 5. The summed E-state index contributed by atoms with van der Waals surface area (Å²) in [7, 11) is 0. The first-order valence-electron chi connectivity index (χ1n) is 11.8. The number of hydrogen-bond acceptors (Lipinski definition) is 3. The molecule has 2 heterocycles. The molecule has 2 aromatic carbocycles. The summed E-state index contributed by atoms with van der Waals surface area (Å²) in [5, 5.41) is 9.83. The first-order chi connectivity index (χ1) is 16.4. The summed E-state index contributed by atoms with van der Waals surface area (Å²) in [6.45, 7) is 4.81. The molecule has 5 nitrogen and oxygen atoms in total. The normalized spacial score (nSPS) is 22.1. The van der Waals surface area contributed by atoms with E-state index in [1.807, 2.05) is 11.8 Å². The van der Waals surface area contributed by atoms with E-state index in [-0.39, 0.29) is 41.7 Å². The monoisotopic (exact) mass is 471 g/mol. The third-order valence-electron chi connectivity index (χ3n) is 7.41. The largest absolute Gasteiger partial charge is 0.395 e. The molecule has 2 N–H and O–H groups in total. The van der Waals surface area contributed by atoms with E-state index in [9.17, 15) is 23.1 Å². The Balaban J connectivity index is 1.37. The molecule has 1 atom stereocenters. The standard InChI is InChI=1S/C26H28F3N3O2/c1-15(14-33)31-6-8-32(9-7-31)26(34)18-10-17(11-18)23-21-12-20(28)13-22(29)25(21)30-24(23)16-2-4-19(27)5-3-16/h2-5,12-13,15,17-18,30,33H,6-11,14H2,1H3. The number of aromatic amines is 1. The van der Waals surface area contributed by atoms with Gasteiger partial charge in [-0.25, -0.2) is 13.2 Å². The number of nitrogens with zero attached hydrogens (tertiary/aromatic N) is 2. The Morgan fingerprint density at radius 2 is 1.74 bits per heavy atom. The zero-order chi connectivity index (χ0) is 24.0. The van der Waals surface area contributed by atoms with Crippen molar-refractivity contribution >= 4 is 16.8 Å².